The molecule has 1 fully saturated rings. The third-order valence-electron chi connectivity index (χ3n) is 4.49. The molecule has 2 aromatic heterocycles. The van der Waals surface area contributed by atoms with Crippen LogP contribution >= 0.6 is 0 Å². The monoisotopic (exact) mass is 315 g/mol. The molecule has 1 amide bonds. The maximum atomic E-state index is 12.8. The topological polar surface area (TPSA) is 66.8 Å². The predicted octanol–water partition coefficient (Wildman–Crippen LogP) is 2.48. The highest BCUT2D eigenvalue weighted by molar-refractivity contribution is 5.92. The lowest BCUT2D eigenvalue weighted by molar-refractivity contribution is 0.0715. The molecule has 2 aromatic rings. The van der Waals surface area contributed by atoms with Crippen molar-refractivity contribution in [2.45, 2.75) is 59.0 Å². The third kappa shape index (κ3) is 3.30. The van der Waals surface area contributed by atoms with Gasteiger partial charge in [-0.2, -0.15) is 10.2 Å². The number of amides is 1. The molecule has 1 atom stereocenters. The van der Waals surface area contributed by atoms with Gasteiger partial charge in [-0.1, -0.05) is 13.3 Å². The van der Waals surface area contributed by atoms with Crippen molar-refractivity contribution in [3.05, 3.63) is 34.9 Å². The van der Waals surface area contributed by atoms with Gasteiger partial charge in [0.1, 0.15) is 5.69 Å². The highest BCUT2D eigenvalue weighted by Gasteiger charge is 2.31. The molecule has 0 radical (unpaired) electrons. The molecular formula is C17H25N5O. The summed E-state index contributed by atoms with van der Waals surface area (Å²) in [5.41, 5.74) is 3.74. The maximum absolute atomic E-state index is 12.8. The van der Waals surface area contributed by atoms with Crippen LogP contribution in [-0.2, 0) is 13.0 Å². The lowest BCUT2D eigenvalue weighted by Crippen LogP contribution is -2.38. The number of aromatic amines is 1. The van der Waals surface area contributed by atoms with Crippen molar-refractivity contribution in [2.75, 3.05) is 6.54 Å². The summed E-state index contributed by atoms with van der Waals surface area (Å²) in [7, 11) is 0. The van der Waals surface area contributed by atoms with E-state index in [-0.39, 0.29) is 11.9 Å². The van der Waals surface area contributed by atoms with Gasteiger partial charge >= 0.3 is 0 Å². The van der Waals surface area contributed by atoms with Crippen molar-refractivity contribution in [2.24, 2.45) is 0 Å². The van der Waals surface area contributed by atoms with Gasteiger partial charge in [-0.05, 0) is 45.2 Å². The molecule has 1 saturated heterocycles. The van der Waals surface area contributed by atoms with Crippen LogP contribution in [-0.4, -0.2) is 43.4 Å². The second-order valence-electron chi connectivity index (χ2n) is 6.43. The van der Waals surface area contributed by atoms with E-state index in [1.165, 1.54) is 0 Å². The van der Waals surface area contributed by atoms with E-state index in [4.69, 9.17) is 0 Å². The third-order valence-corrected chi connectivity index (χ3v) is 4.49. The Labute approximate surface area is 136 Å². The van der Waals surface area contributed by atoms with Crippen LogP contribution < -0.4 is 0 Å². The van der Waals surface area contributed by atoms with Gasteiger partial charge in [0.25, 0.3) is 5.91 Å². The van der Waals surface area contributed by atoms with Gasteiger partial charge in [0.2, 0.25) is 0 Å². The Bertz CT molecular complexity index is 687. The minimum absolute atomic E-state index is 0.0348. The first-order chi connectivity index (χ1) is 11.1. The molecule has 0 bridgehead atoms. The fraction of sp³-hybridized carbons (Fsp3) is 0.588. The SMILES string of the molecule is CCCc1cc(C(=O)N2CCCC2Cn2nc(C)cc2C)n[nH]1. The zero-order valence-electron chi connectivity index (χ0n) is 14.2. The molecule has 0 aliphatic carbocycles. The summed E-state index contributed by atoms with van der Waals surface area (Å²) in [6, 6.07) is 4.17. The van der Waals surface area contributed by atoms with Crippen molar-refractivity contribution in [1.29, 1.82) is 0 Å². The second-order valence-corrected chi connectivity index (χ2v) is 6.43. The van der Waals surface area contributed by atoms with E-state index in [2.05, 4.69) is 35.2 Å². The zero-order valence-corrected chi connectivity index (χ0v) is 14.2. The smallest absolute Gasteiger partial charge is 0.274 e. The van der Waals surface area contributed by atoms with Crippen molar-refractivity contribution >= 4 is 5.91 Å². The number of carbonyl (C=O) groups is 1. The number of likely N-dealkylation sites (tertiary alicyclic amines) is 1. The van der Waals surface area contributed by atoms with E-state index in [0.717, 1.165) is 55.9 Å². The van der Waals surface area contributed by atoms with E-state index in [9.17, 15) is 4.79 Å². The van der Waals surface area contributed by atoms with Crippen LogP contribution in [0.3, 0.4) is 0 Å². The number of aryl methyl sites for hydroxylation is 3. The average molecular weight is 315 g/mol. The Balaban J connectivity index is 1.72. The summed E-state index contributed by atoms with van der Waals surface area (Å²) >= 11 is 0. The summed E-state index contributed by atoms with van der Waals surface area (Å²) in [4.78, 5) is 14.7. The Morgan fingerprint density at radius 2 is 2.22 bits per heavy atom. The molecule has 0 saturated carbocycles. The van der Waals surface area contributed by atoms with Crippen molar-refractivity contribution in [3.63, 3.8) is 0 Å². The first kappa shape index (κ1) is 15.8. The van der Waals surface area contributed by atoms with E-state index in [1.807, 2.05) is 22.6 Å². The van der Waals surface area contributed by atoms with Crippen molar-refractivity contribution in [1.82, 2.24) is 24.9 Å². The van der Waals surface area contributed by atoms with Crippen molar-refractivity contribution in [3.8, 4) is 0 Å². The highest BCUT2D eigenvalue weighted by atomic mass is 16.2. The fourth-order valence-corrected chi connectivity index (χ4v) is 3.37. The summed E-state index contributed by atoms with van der Waals surface area (Å²) in [6.07, 6.45) is 4.04. The number of rotatable bonds is 5. The molecule has 1 N–H and O–H groups in total. The number of hydrogen-bond donors (Lipinski definition) is 1. The van der Waals surface area contributed by atoms with Crippen LogP contribution in [0.25, 0.3) is 0 Å². The van der Waals surface area contributed by atoms with E-state index in [0.29, 0.717) is 5.69 Å². The van der Waals surface area contributed by atoms with E-state index >= 15 is 0 Å². The second kappa shape index (κ2) is 6.56. The predicted molar refractivity (Wildman–Crippen MR) is 88.3 cm³/mol. The summed E-state index contributed by atoms with van der Waals surface area (Å²) in [6.45, 7) is 7.75. The van der Waals surface area contributed by atoms with Crippen LogP contribution in [0.4, 0.5) is 0 Å². The maximum Gasteiger partial charge on any atom is 0.274 e. The quantitative estimate of drug-likeness (QED) is 0.922. The van der Waals surface area contributed by atoms with Crippen LogP contribution in [0.5, 0.6) is 0 Å². The molecule has 0 aromatic carbocycles. The number of H-pyrrole nitrogens is 1. The van der Waals surface area contributed by atoms with Gasteiger partial charge in [-0.3, -0.25) is 14.6 Å². The Kier molecular flexibility index (Phi) is 4.50. The standard InChI is InChI=1S/C17H25N5O/c1-4-6-14-10-16(19-18-14)17(23)21-8-5-7-15(21)11-22-13(3)9-12(2)20-22/h9-10,15H,4-8,11H2,1-3H3,(H,18,19). The highest BCUT2D eigenvalue weighted by Crippen LogP contribution is 2.22. The normalized spacial score (nSPS) is 17.9. The van der Waals surface area contributed by atoms with Gasteiger partial charge in [-0.15, -0.1) is 0 Å². The number of hydrogen-bond acceptors (Lipinski definition) is 3. The van der Waals surface area contributed by atoms with Gasteiger partial charge in [-0.25, -0.2) is 0 Å². The molecule has 1 aliphatic heterocycles. The van der Waals surface area contributed by atoms with Crippen LogP contribution in [0.1, 0.15) is 53.8 Å². The van der Waals surface area contributed by atoms with E-state index in [1.54, 1.807) is 0 Å². The minimum Gasteiger partial charge on any atom is -0.332 e. The summed E-state index contributed by atoms with van der Waals surface area (Å²) < 4.78 is 2.01. The number of carbonyl (C=O) groups excluding carboxylic acids is 1. The van der Waals surface area contributed by atoms with Gasteiger partial charge < -0.3 is 4.90 Å². The van der Waals surface area contributed by atoms with Crippen molar-refractivity contribution < 1.29 is 4.79 Å². The van der Waals surface area contributed by atoms with Gasteiger partial charge in [0.15, 0.2) is 0 Å². The lowest BCUT2D eigenvalue weighted by atomic mass is 10.2. The molecular weight excluding hydrogens is 290 g/mol. The van der Waals surface area contributed by atoms with Crippen LogP contribution in [0.2, 0.25) is 0 Å². The summed E-state index contributed by atoms with van der Waals surface area (Å²) in [5.74, 6) is 0.0348. The zero-order chi connectivity index (χ0) is 16.4. The van der Waals surface area contributed by atoms with Crippen LogP contribution in [0.15, 0.2) is 12.1 Å². The van der Waals surface area contributed by atoms with Crippen LogP contribution in [0, 0.1) is 13.8 Å². The van der Waals surface area contributed by atoms with E-state index < -0.39 is 0 Å². The number of aromatic nitrogens is 4. The molecule has 6 nitrogen and oxygen atoms in total. The lowest BCUT2D eigenvalue weighted by Gasteiger charge is -2.24. The van der Waals surface area contributed by atoms with Gasteiger partial charge in [0, 0.05) is 17.9 Å². The minimum atomic E-state index is 0.0348. The Morgan fingerprint density at radius 3 is 2.91 bits per heavy atom. The number of nitrogens with zero attached hydrogens (tertiary/aromatic N) is 4. The molecule has 6 heteroatoms. The Morgan fingerprint density at radius 1 is 1.39 bits per heavy atom. The molecule has 1 unspecified atom stereocenters. The fourth-order valence-electron chi connectivity index (χ4n) is 3.37. The summed E-state index contributed by atoms with van der Waals surface area (Å²) in [5, 5.41) is 11.7. The average Bonchev–Trinajstić information content (AvgIpc) is 3.21. The molecule has 0 spiro atoms. The molecule has 124 valence electrons. The molecule has 1 aliphatic rings. The first-order valence-corrected chi connectivity index (χ1v) is 8.44. The van der Waals surface area contributed by atoms with Gasteiger partial charge in [0.05, 0.1) is 18.3 Å². The number of nitrogens with one attached hydrogen (secondary N) is 1. The largest absolute Gasteiger partial charge is 0.332 e. The molecule has 3 heterocycles. The molecule has 23 heavy (non-hydrogen) atoms. The molecule has 3 rings (SSSR count). The Hall–Kier alpha value is -2.11. The first-order valence-electron chi connectivity index (χ1n) is 8.44.